The monoisotopic (exact) mass is 717 g/mol. The number of hydrogen-bond donors (Lipinski definition) is 3. The van der Waals surface area contributed by atoms with Gasteiger partial charge in [0.25, 0.3) is 0 Å². The maximum atomic E-state index is 13.1. The van der Waals surface area contributed by atoms with Crippen LogP contribution < -0.4 is 21.1 Å². The molecule has 4 aromatic rings. The van der Waals surface area contributed by atoms with Gasteiger partial charge < -0.3 is 20.7 Å². The van der Waals surface area contributed by atoms with Crippen molar-refractivity contribution < 1.29 is 9.53 Å². The summed E-state index contributed by atoms with van der Waals surface area (Å²) in [5.41, 5.74) is 10.9. The van der Waals surface area contributed by atoms with Gasteiger partial charge in [0.1, 0.15) is 17.7 Å². The third-order valence-corrected chi connectivity index (χ3v) is 9.96. The van der Waals surface area contributed by atoms with Crippen LogP contribution in [0.15, 0.2) is 71.5 Å². The van der Waals surface area contributed by atoms with Crippen molar-refractivity contribution in [1.82, 2.24) is 35.0 Å². The van der Waals surface area contributed by atoms with Crippen molar-refractivity contribution in [3.8, 4) is 17.1 Å². The van der Waals surface area contributed by atoms with Gasteiger partial charge in [0, 0.05) is 50.9 Å². The fraction of sp³-hybridized carbons (Fsp3) is 0.405. The minimum absolute atomic E-state index is 0.205. The molecule has 1 saturated heterocycles. The summed E-state index contributed by atoms with van der Waals surface area (Å²) in [4.78, 5) is 22.0. The molecule has 6 rings (SSSR count). The first-order chi connectivity index (χ1) is 23.9. The second kappa shape index (κ2) is 15.0. The largest absolute Gasteiger partial charge is 0.484 e. The van der Waals surface area contributed by atoms with Crippen LogP contribution in [0, 0.1) is 5.41 Å². The molecule has 3 heterocycles. The fourth-order valence-electron chi connectivity index (χ4n) is 6.32. The molecule has 1 aliphatic carbocycles. The number of benzene rings is 2. The number of piperazine rings is 1. The molecular formula is C37H45Cl2N9O2. The van der Waals surface area contributed by atoms with E-state index in [1.54, 1.807) is 13.1 Å². The third kappa shape index (κ3) is 8.07. The Balaban J connectivity index is 1.18. The third-order valence-electron chi connectivity index (χ3n) is 9.36. The van der Waals surface area contributed by atoms with E-state index in [0.717, 1.165) is 49.4 Å². The lowest BCUT2D eigenvalue weighted by atomic mass is 9.85. The zero-order valence-corrected chi connectivity index (χ0v) is 30.7. The van der Waals surface area contributed by atoms with Crippen molar-refractivity contribution >= 4 is 40.7 Å². The number of fused-ring (bicyclic) bond motifs is 2. The maximum Gasteiger partial charge on any atom is 0.320 e. The van der Waals surface area contributed by atoms with Gasteiger partial charge in [-0.15, -0.1) is 10.2 Å². The Bertz CT molecular complexity index is 1900. The summed E-state index contributed by atoms with van der Waals surface area (Å²) in [5, 5.41) is 15.8. The number of amides is 2. The number of ether oxygens (including phenoxy) is 1. The molecule has 50 heavy (non-hydrogen) atoms. The van der Waals surface area contributed by atoms with Crippen molar-refractivity contribution in [2.24, 2.45) is 16.1 Å². The summed E-state index contributed by atoms with van der Waals surface area (Å²) < 4.78 is 8.47. The first-order valence-electron chi connectivity index (χ1n) is 16.9. The van der Waals surface area contributed by atoms with Crippen molar-refractivity contribution in [1.29, 1.82) is 0 Å². The molecular weight excluding hydrogens is 673 g/mol. The van der Waals surface area contributed by atoms with Crippen molar-refractivity contribution in [2.75, 3.05) is 40.3 Å². The van der Waals surface area contributed by atoms with Gasteiger partial charge in [0.2, 0.25) is 0 Å². The van der Waals surface area contributed by atoms with Crippen molar-refractivity contribution in [3.63, 3.8) is 0 Å². The molecule has 4 N–H and O–H groups in total. The van der Waals surface area contributed by atoms with Crippen LogP contribution >= 0.6 is 23.2 Å². The van der Waals surface area contributed by atoms with Crippen molar-refractivity contribution in [2.45, 2.75) is 52.3 Å². The van der Waals surface area contributed by atoms with Crippen LogP contribution in [0.5, 0.6) is 5.75 Å². The van der Waals surface area contributed by atoms with Crippen LogP contribution in [0.25, 0.3) is 17.0 Å². The number of carbonyl (C=O) groups is 1. The Labute approximate surface area is 303 Å². The molecule has 0 unspecified atom stereocenters. The van der Waals surface area contributed by atoms with E-state index < -0.39 is 0 Å². The number of aromatic nitrogens is 3. The Morgan fingerprint density at radius 1 is 1.04 bits per heavy atom. The van der Waals surface area contributed by atoms with Gasteiger partial charge in [-0.3, -0.25) is 19.6 Å². The zero-order chi connectivity index (χ0) is 35.6. The Morgan fingerprint density at radius 3 is 2.42 bits per heavy atom. The first-order valence-corrected chi connectivity index (χ1v) is 17.7. The van der Waals surface area contributed by atoms with Gasteiger partial charge in [0.05, 0.1) is 27.8 Å². The summed E-state index contributed by atoms with van der Waals surface area (Å²) in [6, 6.07) is 15.2. The predicted octanol–water partition coefficient (Wildman–Crippen LogP) is 6.62. The van der Waals surface area contributed by atoms with Crippen LogP contribution in [0.1, 0.15) is 62.4 Å². The van der Waals surface area contributed by atoms with E-state index in [1.165, 1.54) is 0 Å². The Hall–Kier alpha value is -4.16. The standard InChI is InChI=1S/C37H45Cl2N9O2/c1-37(2,3)31(40)20-32(41-4)43-36(49)42-29-11-12-30(26-9-7-6-8-25(26)29)50-24-10-13-33-44-45-35(48(33)22-24)34-27(38)18-23(19-28(34)39)21-47-16-14-46(5)15-17-47/h6-10,13,18-20,22,29-30H,11-12,14-17,21,40H2,1-5H3,(H2,41,42,43,49)/t29-,30+/m0/s1. The molecule has 0 radical (unpaired) electrons. The molecule has 1 aliphatic heterocycles. The summed E-state index contributed by atoms with van der Waals surface area (Å²) in [6.07, 6.45) is 4.71. The van der Waals surface area contributed by atoms with Crippen LogP contribution in [0.4, 0.5) is 4.79 Å². The lowest BCUT2D eigenvalue weighted by Crippen LogP contribution is -2.43. The van der Waals surface area contributed by atoms with Gasteiger partial charge >= 0.3 is 6.03 Å². The highest BCUT2D eigenvalue weighted by Gasteiger charge is 2.30. The number of nitrogens with one attached hydrogen (secondary N) is 2. The van der Waals surface area contributed by atoms with Gasteiger partial charge in [0.15, 0.2) is 11.5 Å². The number of pyridine rings is 1. The number of carbonyl (C=O) groups excluding carboxylic acids is 1. The van der Waals surface area contributed by atoms with E-state index in [9.17, 15) is 4.79 Å². The van der Waals surface area contributed by atoms with Gasteiger partial charge in [-0.05, 0) is 66.9 Å². The lowest BCUT2D eigenvalue weighted by molar-refractivity contribution is 0.148. The SMILES string of the molecule is CN=C(C=C(N)C(C)(C)C)NC(=O)N[C@H]1CC[C@@H](Oc2ccc3nnc(-c4c(Cl)cc(CN5CCN(C)CC5)cc4Cl)n3c2)c2ccccc21. The smallest absolute Gasteiger partial charge is 0.320 e. The predicted molar refractivity (Wildman–Crippen MR) is 200 cm³/mol. The Kier molecular flexibility index (Phi) is 10.7. The number of allylic oxidation sites excluding steroid dienone is 1. The number of hydrogen-bond acceptors (Lipinski definition) is 8. The molecule has 264 valence electrons. The minimum Gasteiger partial charge on any atom is -0.484 e. The number of aliphatic imine (C=N–C) groups is 1. The van der Waals surface area contributed by atoms with Crippen LogP contribution in [-0.2, 0) is 6.54 Å². The lowest BCUT2D eigenvalue weighted by Gasteiger charge is -2.32. The van der Waals surface area contributed by atoms with Crippen LogP contribution in [-0.4, -0.2) is 76.5 Å². The molecule has 2 atom stereocenters. The van der Waals surface area contributed by atoms with E-state index in [1.807, 2.05) is 79.9 Å². The van der Waals surface area contributed by atoms with Crippen LogP contribution in [0.2, 0.25) is 10.0 Å². The zero-order valence-electron chi connectivity index (χ0n) is 29.2. The molecule has 2 aliphatic rings. The number of urea groups is 1. The minimum atomic E-state index is -0.349. The highest BCUT2D eigenvalue weighted by atomic mass is 35.5. The molecule has 0 saturated carbocycles. The number of halogens is 2. The van der Waals surface area contributed by atoms with Gasteiger partial charge in [-0.2, -0.15) is 0 Å². The average molecular weight is 719 g/mol. The topological polar surface area (TPSA) is 125 Å². The van der Waals surface area contributed by atoms with Gasteiger partial charge in [-0.1, -0.05) is 68.2 Å². The molecule has 1 fully saturated rings. The molecule has 0 spiro atoms. The highest BCUT2D eigenvalue weighted by Crippen LogP contribution is 2.40. The highest BCUT2D eigenvalue weighted by molar-refractivity contribution is 6.39. The molecule has 2 aromatic carbocycles. The second-order valence-corrected chi connectivity index (χ2v) is 14.9. The molecule has 13 heteroatoms. The molecule has 11 nitrogen and oxygen atoms in total. The fourth-order valence-corrected chi connectivity index (χ4v) is 7.03. The van der Waals surface area contributed by atoms with Crippen LogP contribution in [0.3, 0.4) is 0 Å². The average Bonchev–Trinajstić information content (AvgIpc) is 3.48. The van der Waals surface area contributed by atoms with E-state index in [0.29, 0.717) is 57.2 Å². The molecule has 0 bridgehead atoms. The summed E-state index contributed by atoms with van der Waals surface area (Å²) in [5.74, 6) is 1.58. The van der Waals surface area contributed by atoms with E-state index >= 15 is 0 Å². The number of rotatable bonds is 7. The first kappa shape index (κ1) is 35.7. The van der Waals surface area contributed by atoms with Gasteiger partial charge in [-0.25, -0.2) is 4.79 Å². The Morgan fingerprint density at radius 2 is 1.74 bits per heavy atom. The quantitative estimate of drug-likeness (QED) is 0.145. The molecule has 2 aromatic heterocycles. The van der Waals surface area contributed by atoms with Crippen molar-refractivity contribution in [3.05, 3.63) is 93.2 Å². The maximum absolute atomic E-state index is 13.1. The number of amidine groups is 1. The number of likely N-dealkylation sites (N-methyl/N-ethyl adjacent to an activating group) is 1. The summed E-state index contributed by atoms with van der Waals surface area (Å²) in [6.45, 7) is 10.9. The summed E-state index contributed by atoms with van der Waals surface area (Å²) >= 11 is 13.7. The summed E-state index contributed by atoms with van der Waals surface area (Å²) in [7, 11) is 3.77. The van der Waals surface area contributed by atoms with E-state index in [2.05, 4.69) is 42.7 Å². The normalized spacial score (nSPS) is 19.3. The van der Waals surface area contributed by atoms with E-state index in [4.69, 9.17) is 33.7 Å². The number of nitrogens with zero attached hydrogens (tertiary/aromatic N) is 6. The second-order valence-electron chi connectivity index (χ2n) is 14.1. The van der Waals surface area contributed by atoms with E-state index in [-0.39, 0.29) is 23.6 Å². The molecule has 2 amide bonds. The number of nitrogens with two attached hydrogens (primary N) is 1.